The van der Waals surface area contributed by atoms with Gasteiger partial charge in [-0.2, -0.15) is 0 Å². The van der Waals surface area contributed by atoms with E-state index in [0.717, 1.165) is 12.8 Å². The second-order valence-electron chi connectivity index (χ2n) is 3.09. The maximum Gasteiger partial charge on any atom is 0.307 e. The third-order valence-corrected chi connectivity index (χ3v) is 1.57. The Hall–Kier alpha value is -0.570. The largest absolute Gasteiger partial charge is 0.481 e. The third-order valence-electron chi connectivity index (χ3n) is 1.57. The molecule has 0 bridgehead atoms. The minimum absolute atomic E-state index is 0.199. The first-order chi connectivity index (χ1) is 5.07. The maximum absolute atomic E-state index is 10.6. The quantitative estimate of drug-likeness (QED) is 0.651. The number of carboxylic acid groups (broad SMARTS) is 1. The molecule has 0 rings (SSSR count). The normalized spacial score (nSPS) is 13.5. The molecule has 0 aromatic carbocycles. The summed E-state index contributed by atoms with van der Waals surface area (Å²) in [6.07, 6.45) is 1.71. The van der Waals surface area contributed by atoms with Crippen LogP contribution in [0.5, 0.6) is 0 Å². The van der Waals surface area contributed by atoms with E-state index in [1.165, 1.54) is 0 Å². The van der Waals surface area contributed by atoms with E-state index in [2.05, 4.69) is 0 Å². The summed E-state index contributed by atoms with van der Waals surface area (Å²) < 4.78 is 0. The molecule has 0 radical (unpaired) electrons. The van der Waals surface area contributed by atoms with Crippen molar-refractivity contribution in [3.8, 4) is 0 Å². The fraction of sp³-hybridized carbons (Fsp3) is 0.875. The molecule has 1 N–H and O–H groups in total. The highest BCUT2D eigenvalue weighted by Gasteiger charge is 2.16. The Morgan fingerprint density at radius 1 is 1.55 bits per heavy atom. The van der Waals surface area contributed by atoms with Crippen LogP contribution in [0.4, 0.5) is 0 Å². The van der Waals surface area contributed by atoms with Crippen molar-refractivity contribution in [3.05, 3.63) is 0 Å². The van der Waals surface area contributed by atoms with Gasteiger partial charge in [-0.1, -0.05) is 13.3 Å². The zero-order valence-electron chi connectivity index (χ0n) is 7.50. The van der Waals surface area contributed by atoms with Crippen molar-refractivity contribution in [2.75, 3.05) is 20.6 Å². The van der Waals surface area contributed by atoms with Gasteiger partial charge in [0.1, 0.15) is 0 Å². The van der Waals surface area contributed by atoms with Crippen LogP contribution in [-0.2, 0) is 4.79 Å². The summed E-state index contributed by atoms with van der Waals surface area (Å²) in [5.74, 6) is -0.879. The standard InChI is InChI=1S/C8H17NO2/c1-4-5-7(8(10)11)6-9(2)3/h7H,4-6H2,1-3H3,(H,10,11). The number of rotatable bonds is 5. The van der Waals surface area contributed by atoms with Gasteiger partial charge in [0.2, 0.25) is 0 Å². The molecule has 0 aromatic rings. The van der Waals surface area contributed by atoms with Crippen LogP contribution in [0.2, 0.25) is 0 Å². The van der Waals surface area contributed by atoms with E-state index in [4.69, 9.17) is 5.11 Å². The molecule has 11 heavy (non-hydrogen) atoms. The average Bonchev–Trinajstić information content (AvgIpc) is 1.86. The number of carboxylic acids is 1. The lowest BCUT2D eigenvalue weighted by Crippen LogP contribution is -2.27. The van der Waals surface area contributed by atoms with E-state index in [0.29, 0.717) is 6.54 Å². The molecule has 0 aromatic heterocycles. The predicted molar refractivity (Wildman–Crippen MR) is 44.6 cm³/mol. The molecule has 1 unspecified atom stereocenters. The molecule has 0 saturated heterocycles. The molecular formula is C8H17NO2. The van der Waals surface area contributed by atoms with Gasteiger partial charge in [-0.15, -0.1) is 0 Å². The number of hydrogen-bond donors (Lipinski definition) is 1. The summed E-state index contributed by atoms with van der Waals surface area (Å²) in [6.45, 7) is 2.65. The minimum Gasteiger partial charge on any atom is -0.481 e. The Labute approximate surface area is 68.0 Å². The molecule has 0 fully saturated rings. The van der Waals surface area contributed by atoms with Crippen LogP contribution in [0.1, 0.15) is 19.8 Å². The predicted octanol–water partition coefficient (Wildman–Crippen LogP) is 1.05. The molecular weight excluding hydrogens is 142 g/mol. The minimum atomic E-state index is -0.680. The molecule has 66 valence electrons. The van der Waals surface area contributed by atoms with Gasteiger partial charge in [0, 0.05) is 6.54 Å². The summed E-state index contributed by atoms with van der Waals surface area (Å²) in [7, 11) is 3.79. The zero-order chi connectivity index (χ0) is 8.85. The van der Waals surface area contributed by atoms with Gasteiger partial charge in [-0.3, -0.25) is 4.79 Å². The fourth-order valence-electron chi connectivity index (χ4n) is 1.08. The first kappa shape index (κ1) is 10.4. The lowest BCUT2D eigenvalue weighted by molar-refractivity contribution is -0.142. The van der Waals surface area contributed by atoms with Gasteiger partial charge in [-0.25, -0.2) is 0 Å². The second kappa shape index (κ2) is 5.13. The highest BCUT2D eigenvalue weighted by Crippen LogP contribution is 2.06. The number of aliphatic carboxylic acids is 1. The fourth-order valence-corrected chi connectivity index (χ4v) is 1.08. The van der Waals surface area contributed by atoms with Crippen LogP contribution < -0.4 is 0 Å². The Kier molecular flexibility index (Phi) is 4.86. The van der Waals surface area contributed by atoms with Crippen molar-refractivity contribution in [2.24, 2.45) is 5.92 Å². The monoisotopic (exact) mass is 159 g/mol. The summed E-state index contributed by atoms with van der Waals surface area (Å²) in [4.78, 5) is 12.5. The molecule has 0 aliphatic rings. The van der Waals surface area contributed by atoms with Crippen LogP contribution >= 0.6 is 0 Å². The van der Waals surface area contributed by atoms with Crippen molar-refractivity contribution in [3.63, 3.8) is 0 Å². The van der Waals surface area contributed by atoms with Crippen LogP contribution in [0.15, 0.2) is 0 Å². The van der Waals surface area contributed by atoms with Gasteiger partial charge in [0.05, 0.1) is 5.92 Å². The SMILES string of the molecule is CCCC(CN(C)C)C(=O)O. The van der Waals surface area contributed by atoms with Gasteiger partial charge >= 0.3 is 5.97 Å². The molecule has 0 aliphatic heterocycles. The number of nitrogens with zero attached hydrogens (tertiary/aromatic N) is 1. The van der Waals surface area contributed by atoms with Crippen molar-refractivity contribution >= 4 is 5.97 Å². The number of carbonyl (C=O) groups is 1. The van der Waals surface area contributed by atoms with Gasteiger partial charge in [0.15, 0.2) is 0 Å². The molecule has 0 spiro atoms. The van der Waals surface area contributed by atoms with E-state index >= 15 is 0 Å². The first-order valence-electron chi connectivity index (χ1n) is 3.95. The summed E-state index contributed by atoms with van der Waals surface area (Å²) in [5.41, 5.74) is 0. The van der Waals surface area contributed by atoms with Crippen LogP contribution in [0.25, 0.3) is 0 Å². The van der Waals surface area contributed by atoms with Gasteiger partial charge < -0.3 is 10.0 Å². The lowest BCUT2D eigenvalue weighted by Gasteiger charge is -2.15. The van der Waals surface area contributed by atoms with Crippen molar-refractivity contribution < 1.29 is 9.90 Å². The average molecular weight is 159 g/mol. The molecule has 1 atom stereocenters. The highest BCUT2D eigenvalue weighted by atomic mass is 16.4. The van der Waals surface area contributed by atoms with E-state index in [1.54, 1.807) is 0 Å². The Balaban J connectivity index is 3.79. The lowest BCUT2D eigenvalue weighted by atomic mass is 10.0. The van der Waals surface area contributed by atoms with Crippen molar-refractivity contribution in [2.45, 2.75) is 19.8 Å². The van der Waals surface area contributed by atoms with Crippen molar-refractivity contribution in [1.82, 2.24) is 4.90 Å². The molecule has 3 nitrogen and oxygen atoms in total. The van der Waals surface area contributed by atoms with Crippen LogP contribution in [0.3, 0.4) is 0 Å². The van der Waals surface area contributed by atoms with Crippen LogP contribution in [0, 0.1) is 5.92 Å². The highest BCUT2D eigenvalue weighted by molar-refractivity contribution is 5.70. The van der Waals surface area contributed by atoms with Gasteiger partial charge in [-0.05, 0) is 20.5 Å². The Morgan fingerprint density at radius 3 is 2.36 bits per heavy atom. The summed E-state index contributed by atoms with van der Waals surface area (Å²) in [5, 5.41) is 8.73. The van der Waals surface area contributed by atoms with Crippen LogP contribution in [-0.4, -0.2) is 36.6 Å². The van der Waals surface area contributed by atoms with E-state index in [9.17, 15) is 4.79 Å². The third kappa shape index (κ3) is 4.79. The first-order valence-corrected chi connectivity index (χ1v) is 3.95. The molecule has 3 heteroatoms. The topological polar surface area (TPSA) is 40.5 Å². The molecule has 0 heterocycles. The zero-order valence-corrected chi connectivity index (χ0v) is 7.50. The van der Waals surface area contributed by atoms with E-state index < -0.39 is 5.97 Å². The second-order valence-corrected chi connectivity index (χ2v) is 3.09. The smallest absolute Gasteiger partial charge is 0.307 e. The van der Waals surface area contributed by atoms with E-state index in [1.807, 2.05) is 25.9 Å². The molecule has 0 aliphatic carbocycles. The molecule has 0 saturated carbocycles. The van der Waals surface area contributed by atoms with Gasteiger partial charge in [0.25, 0.3) is 0 Å². The summed E-state index contributed by atoms with van der Waals surface area (Å²) in [6, 6.07) is 0. The van der Waals surface area contributed by atoms with Crippen molar-refractivity contribution in [1.29, 1.82) is 0 Å². The molecule has 0 amide bonds. The van der Waals surface area contributed by atoms with E-state index in [-0.39, 0.29) is 5.92 Å². The Morgan fingerprint density at radius 2 is 2.09 bits per heavy atom. The number of hydrogen-bond acceptors (Lipinski definition) is 2. The Bertz CT molecular complexity index is 123. The maximum atomic E-state index is 10.6. The summed E-state index contributed by atoms with van der Waals surface area (Å²) >= 11 is 0.